The van der Waals surface area contributed by atoms with Crippen LogP contribution in [0.4, 0.5) is 5.82 Å². The maximum Gasteiger partial charge on any atom is 0.128 e. The van der Waals surface area contributed by atoms with E-state index in [4.69, 9.17) is 23.1 Å². The molecule has 3 aromatic rings. The van der Waals surface area contributed by atoms with Crippen LogP contribution in [0.25, 0.3) is 10.9 Å². The Morgan fingerprint density at radius 2 is 1.95 bits per heavy atom. The number of halogens is 1. The van der Waals surface area contributed by atoms with Gasteiger partial charge in [0.1, 0.15) is 5.82 Å². The van der Waals surface area contributed by atoms with Gasteiger partial charge in [0.25, 0.3) is 0 Å². The molecular weight excluding hydrogens is 272 g/mol. The lowest BCUT2D eigenvalue weighted by atomic mass is 9.98. The van der Waals surface area contributed by atoms with Crippen LogP contribution in [0.1, 0.15) is 17.2 Å². The van der Waals surface area contributed by atoms with Crippen LogP contribution in [0.3, 0.4) is 0 Å². The van der Waals surface area contributed by atoms with E-state index in [1.165, 1.54) is 6.20 Å². The second-order valence-electron chi connectivity index (χ2n) is 4.56. The van der Waals surface area contributed by atoms with Crippen LogP contribution in [0.5, 0.6) is 0 Å². The molecular formula is C15H13ClN4. The van der Waals surface area contributed by atoms with Gasteiger partial charge in [-0.25, -0.2) is 4.98 Å². The Kier molecular flexibility index (Phi) is 3.26. The van der Waals surface area contributed by atoms with Crippen LogP contribution in [0, 0.1) is 0 Å². The normalized spacial score (nSPS) is 12.5. The quantitative estimate of drug-likeness (QED) is 0.758. The van der Waals surface area contributed by atoms with Crippen molar-refractivity contribution in [1.29, 1.82) is 0 Å². The topological polar surface area (TPSA) is 77.8 Å². The van der Waals surface area contributed by atoms with Crippen LogP contribution >= 0.6 is 11.6 Å². The van der Waals surface area contributed by atoms with E-state index in [2.05, 4.69) is 9.97 Å². The molecule has 0 spiro atoms. The van der Waals surface area contributed by atoms with E-state index >= 15 is 0 Å². The maximum atomic E-state index is 6.28. The van der Waals surface area contributed by atoms with Gasteiger partial charge in [0.05, 0.1) is 16.6 Å². The van der Waals surface area contributed by atoms with E-state index in [-0.39, 0.29) is 6.04 Å². The van der Waals surface area contributed by atoms with Crippen molar-refractivity contribution >= 4 is 28.3 Å². The minimum absolute atomic E-state index is 0.370. The number of rotatable bonds is 2. The van der Waals surface area contributed by atoms with Gasteiger partial charge >= 0.3 is 0 Å². The second kappa shape index (κ2) is 5.07. The first-order valence-electron chi connectivity index (χ1n) is 6.16. The molecule has 1 unspecified atom stereocenters. The molecule has 0 saturated heterocycles. The molecule has 20 heavy (non-hydrogen) atoms. The predicted octanol–water partition coefficient (Wildman–Crippen LogP) is 2.91. The highest BCUT2D eigenvalue weighted by Crippen LogP contribution is 2.27. The number of nitrogens with zero attached hydrogens (tertiary/aromatic N) is 2. The molecule has 0 saturated carbocycles. The average molecular weight is 285 g/mol. The van der Waals surface area contributed by atoms with Crippen molar-refractivity contribution in [3.8, 4) is 0 Å². The summed E-state index contributed by atoms with van der Waals surface area (Å²) in [6.07, 6.45) is 3.28. The number of hydrogen-bond acceptors (Lipinski definition) is 4. The van der Waals surface area contributed by atoms with Crippen LogP contribution in [0.2, 0.25) is 5.02 Å². The molecule has 1 aromatic carbocycles. The monoisotopic (exact) mass is 284 g/mol. The van der Waals surface area contributed by atoms with Gasteiger partial charge in [0.15, 0.2) is 0 Å². The van der Waals surface area contributed by atoms with E-state index in [0.717, 1.165) is 22.0 Å². The minimum Gasteiger partial charge on any atom is -0.383 e. The number of benzene rings is 1. The zero-order valence-electron chi connectivity index (χ0n) is 10.6. The molecule has 1 atom stereocenters. The first kappa shape index (κ1) is 12.8. The maximum absolute atomic E-state index is 6.28. The van der Waals surface area contributed by atoms with E-state index in [0.29, 0.717) is 10.8 Å². The first-order valence-corrected chi connectivity index (χ1v) is 6.54. The fourth-order valence-electron chi connectivity index (χ4n) is 2.18. The Labute approximate surface area is 121 Å². The third-order valence-corrected chi connectivity index (χ3v) is 3.44. The Balaban J connectivity index is 2.07. The Bertz CT molecular complexity index is 773. The zero-order chi connectivity index (χ0) is 14.1. The number of nitrogen functional groups attached to an aromatic ring is 1. The van der Waals surface area contributed by atoms with Gasteiger partial charge in [-0.15, -0.1) is 0 Å². The molecule has 0 radical (unpaired) electrons. The van der Waals surface area contributed by atoms with Crippen molar-refractivity contribution in [2.75, 3.05) is 5.73 Å². The van der Waals surface area contributed by atoms with E-state index in [1.807, 2.05) is 30.3 Å². The molecule has 3 rings (SSSR count). The van der Waals surface area contributed by atoms with Crippen LogP contribution in [-0.2, 0) is 0 Å². The largest absolute Gasteiger partial charge is 0.383 e. The molecule has 0 aliphatic rings. The third-order valence-electron chi connectivity index (χ3n) is 3.24. The Hall–Kier alpha value is -2.17. The second-order valence-corrected chi connectivity index (χ2v) is 5.00. The van der Waals surface area contributed by atoms with Gasteiger partial charge in [0, 0.05) is 23.3 Å². The van der Waals surface area contributed by atoms with E-state index in [9.17, 15) is 0 Å². The fourth-order valence-corrected chi connectivity index (χ4v) is 2.35. The molecule has 100 valence electrons. The van der Waals surface area contributed by atoms with Gasteiger partial charge < -0.3 is 11.5 Å². The number of nitrogens with two attached hydrogens (primary N) is 2. The molecule has 0 amide bonds. The van der Waals surface area contributed by atoms with E-state index < -0.39 is 0 Å². The van der Waals surface area contributed by atoms with E-state index in [1.54, 1.807) is 12.3 Å². The minimum atomic E-state index is -0.370. The molecule has 4 nitrogen and oxygen atoms in total. The standard InChI is InChI=1S/C15H13ClN4/c16-11-7-12(15(18)20-8-11)14(17)10-3-4-13-9(6-10)2-1-5-19-13/h1-8,14H,17H2,(H2,18,20). The van der Waals surface area contributed by atoms with Crippen LogP contribution in [0.15, 0.2) is 48.8 Å². The number of aromatic nitrogens is 2. The number of hydrogen-bond donors (Lipinski definition) is 2. The molecule has 0 fully saturated rings. The first-order chi connectivity index (χ1) is 9.65. The lowest BCUT2D eigenvalue weighted by Gasteiger charge is -2.15. The smallest absolute Gasteiger partial charge is 0.128 e. The van der Waals surface area contributed by atoms with Gasteiger partial charge in [0.2, 0.25) is 0 Å². The Morgan fingerprint density at radius 1 is 1.10 bits per heavy atom. The van der Waals surface area contributed by atoms with Crippen molar-refractivity contribution in [2.24, 2.45) is 5.73 Å². The SMILES string of the molecule is Nc1ncc(Cl)cc1C(N)c1ccc2ncccc2c1. The van der Waals surface area contributed by atoms with Crippen molar-refractivity contribution in [3.05, 3.63) is 64.9 Å². The van der Waals surface area contributed by atoms with Crippen LogP contribution < -0.4 is 11.5 Å². The van der Waals surface area contributed by atoms with Gasteiger partial charge in [-0.05, 0) is 29.8 Å². The predicted molar refractivity (Wildman–Crippen MR) is 81.4 cm³/mol. The summed E-state index contributed by atoms with van der Waals surface area (Å²) in [5.41, 5.74) is 14.8. The summed E-state index contributed by atoms with van der Waals surface area (Å²) in [5, 5.41) is 1.56. The van der Waals surface area contributed by atoms with Gasteiger partial charge in [-0.3, -0.25) is 4.98 Å². The highest BCUT2D eigenvalue weighted by atomic mass is 35.5. The number of pyridine rings is 2. The molecule has 2 aromatic heterocycles. The summed E-state index contributed by atoms with van der Waals surface area (Å²) in [6.45, 7) is 0. The molecule has 0 aliphatic heterocycles. The summed E-state index contributed by atoms with van der Waals surface area (Å²) < 4.78 is 0. The summed E-state index contributed by atoms with van der Waals surface area (Å²) in [7, 11) is 0. The molecule has 5 heteroatoms. The average Bonchev–Trinajstić information content (AvgIpc) is 2.48. The van der Waals surface area contributed by atoms with Gasteiger partial charge in [-0.2, -0.15) is 0 Å². The molecule has 4 N–H and O–H groups in total. The lowest BCUT2D eigenvalue weighted by Crippen LogP contribution is -2.14. The van der Waals surface area contributed by atoms with Crippen molar-refractivity contribution in [1.82, 2.24) is 9.97 Å². The molecule has 0 aliphatic carbocycles. The summed E-state index contributed by atoms with van der Waals surface area (Å²) in [4.78, 5) is 8.33. The number of anilines is 1. The van der Waals surface area contributed by atoms with Crippen molar-refractivity contribution < 1.29 is 0 Å². The highest BCUT2D eigenvalue weighted by molar-refractivity contribution is 6.30. The molecule has 0 bridgehead atoms. The van der Waals surface area contributed by atoms with Gasteiger partial charge in [-0.1, -0.05) is 23.7 Å². The summed E-state index contributed by atoms with van der Waals surface area (Å²) >= 11 is 5.96. The number of fused-ring (bicyclic) bond motifs is 1. The third kappa shape index (κ3) is 2.31. The highest BCUT2D eigenvalue weighted by Gasteiger charge is 2.14. The summed E-state index contributed by atoms with van der Waals surface area (Å²) in [6, 6.07) is 11.2. The molecule has 2 heterocycles. The Morgan fingerprint density at radius 3 is 2.80 bits per heavy atom. The lowest BCUT2D eigenvalue weighted by molar-refractivity contribution is 0.869. The zero-order valence-corrected chi connectivity index (χ0v) is 11.4. The van der Waals surface area contributed by atoms with Crippen LogP contribution in [-0.4, -0.2) is 9.97 Å². The van der Waals surface area contributed by atoms with Crippen molar-refractivity contribution in [3.63, 3.8) is 0 Å². The van der Waals surface area contributed by atoms with Crippen molar-refractivity contribution in [2.45, 2.75) is 6.04 Å². The summed E-state index contributed by atoms with van der Waals surface area (Å²) in [5.74, 6) is 0.396. The fraction of sp³-hybridized carbons (Fsp3) is 0.0667.